The van der Waals surface area contributed by atoms with Gasteiger partial charge in [0.05, 0.1) is 44.2 Å². The number of hydrogen-bond acceptors (Lipinski definition) is 11. The molecule has 204 valence electrons. The van der Waals surface area contributed by atoms with E-state index in [-0.39, 0.29) is 30.8 Å². The van der Waals surface area contributed by atoms with Crippen LogP contribution in [-0.2, 0) is 35.0 Å². The highest BCUT2D eigenvalue weighted by molar-refractivity contribution is 5.90. The summed E-state index contributed by atoms with van der Waals surface area (Å²) >= 11 is 0. The first-order valence-electron chi connectivity index (χ1n) is 12.0. The van der Waals surface area contributed by atoms with Gasteiger partial charge in [-0.15, -0.1) is 0 Å². The van der Waals surface area contributed by atoms with Crippen LogP contribution in [0.15, 0.2) is 47.7 Å². The summed E-state index contributed by atoms with van der Waals surface area (Å²) in [5.74, 6) is -2.66. The Kier molecular flexibility index (Phi) is 10.1. The van der Waals surface area contributed by atoms with E-state index in [1.165, 1.54) is 19.2 Å². The third kappa shape index (κ3) is 6.88. The Hall–Kier alpha value is -2.96. The van der Waals surface area contributed by atoms with Crippen molar-refractivity contribution in [3.05, 3.63) is 53.3 Å². The average Bonchev–Trinajstić information content (AvgIpc) is 2.89. The van der Waals surface area contributed by atoms with Gasteiger partial charge in [0.25, 0.3) is 0 Å². The number of ether oxygens (including phenoxy) is 4. The number of methoxy groups -OCH3 is 1. The molecule has 3 rings (SSSR count). The molecular weight excluding hydrogens is 488 g/mol. The number of rotatable bonds is 9. The Balaban J connectivity index is 1.71. The van der Waals surface area contributed by atoms with Gasteiger partial charge in [-0.3, -0.25) is 4.79 Å². The minimum atomic E-state index is -1.53. The van der Waals surface area contributed by atoms with Gasteiger partial charge in [-0.2, -0.15) is 0 Å². The SMILES string of the molecule is C/C=C1/[C@H](O[C@@H]2C[C@H](CO)[C@@H](O)[C@H](O)[C@H]2O)OC=C(C(=O)OC)[C@H]1CC(=O)OCCc1ccc(O)cc1. The van der Waals surface area contributed by atoms with E-state index in [1.54, 1.807) is 25.1 Å². The fourth-order valence-corrected chi connectivity index (χ4v) is 4.55. The molecule has 7 atom stereocenters. The normalized spacial score (nSPS) is 30.8. The van der Waals surface area contributed by atoms with Crippen molar-refractivity contribution >= 4 is 11.9 Å². The first kappa shape index (κ1) is 28.6. The monoisotopic (exact) mass is 522 g/mol. The molecule has 0 amide bonds. The molecule has 2 aliphatic rings. The second-order valence-corrected chi connectivity index (χ2v) is 9.04. The fourth-order valence-electron chi connectivity index (χ4n) is 4.55. The Bertz CT molecular complexity index is 985. The van der Waals surface area contributed by atoms with Crippen LogP contribution in [0.5, 0.6) is 5.75 Å². The number of carbonyl (C=O) groups is 2. The lowest BCUT2D eigenvalue weighted by molar-refractivity contribution is -0.219. The van der Waals surface area contributed by atoms with Crippen LogP contribution in [0.3, 0.4) is 0 Å². The van der Waals surface area contributed by atoms with E-state index in [0.717, 1.165) is 11.8 Å². The van der Waals surface area contributed by atoms with Crippen molar-refractivity contribution in [3.63, 3.8) is 0 Å². The van der Waals surface area contributed by atoms with E-state index in [1.807, 2.05) is 0 Å². The Morgan fingerprint density at radius 1 is 1.11 bits per heavy atom. The second-order valence-electron chi connectivity index (χ2n) is 9.04. The number of hydrogen-bond donors (Lipinski definition) is 5. The zero-order valence-corrected chi connectivity index (χ0v) is 20.7. The number of aliphatic hydroxyl groups is 4. The van der Waals surface area contributed by atoms with Crippen LogP contribution in [0.2, 0.25) is 0 Å². The topological polar surface area (TPSA) is 172 Å². The Labute approximate surface area is 214 Å². The van der Waals surface area contributed by atoms with Gasteiger partial charge >= 0.3 is 11.9 Å². The molecule has 1 aliphatic carbocycles. The number of phenols is 1. The summed E-state index contributed by atoms with van der Waals surface area (Å²) < 4.78 is 21.8. The minimum absolute atomic E-state index is 0.0459. The molecule has 1 fully saturated rings. The van der Waals surface area contributed by atoms with Crippen molar-refractivity contribution < 1.29 is 54.1 Å². The molecular formula is C26H34O11. The quantitative estimate of drug-likeness (QED) is 0.223. The van der Waals surface area contributed by atoms with E-state index in [4.69, 9.17) is 18.9 Å². The summed E-state index contributed by atoms with van der Waals surface area (Å²) in [7, 11) is 1.20. The maximum atomic E-state index is 12.7. The van der Waals surface area contributed by atoms with Crippen molar-refractivity contribution in [2.75, 3.05) is 20.3 Å². The van der Waals surface area contributed by atoms with Gasteiger partial charge in [0, 0.05) is 30.4 Å². The molecule has 1 saturated carbocycles. The summed E-state index contributed by atoms with van der Waals surface area (Å²) in [6.07, 6.45) is -3.39. The summed E-state index contributed by atoms with van der Waals surface area (Å²) in [5.41, 5.74) is 1.36. The molecule has 1 aliphatic heterocycles. The van der Waals surface area contributed by atoms with Crippen molar-refractivity contribution in [3.8, 4) is 5.75 Å². The zero-order chi connectivity index (χ0) is 27.1. The van der Waals surface area contributed by atoms with Gasteiger partial charge in [0.2, 0.25) is 6.29 Å². The predicted octanol–water partition coefficient (Wildman–Crippen LogP) is 0.324. The lowest BCUT2D eigenvalue weighted by Gasteiger charge is -2.42. The van der Waals surface area contributed by atoms with Crippen LogP contribution in [0, 0.1) is 11.8 Å². The highest BCUT2D eigenvalue weighted by Crippen LogP contribution is 2.37. The highest BCUT2D eigenvalue weighted by Gasteiger charge is 2.46. The highest BCUT2D eigenvalue weighted by atomic mass is 16.7. The Morgan fingerprint density at radius 3 is 2.43 bits per heavy atom. The van der Waals surface area contributed by atoms with Crippen LogP contribution in [-0.4, -0.2) is 88.5 Å². The van der Waals surface area contributed by atoms with Gasteiger partial charge in [0.15, 0.2) is 0 Å². The van der Waals surface area contributed by atoms with Crippen molar-refractivity contribution in [2.45, 2.75) is 56.9 Å². The predicted molar refractivity (Wildman–Crippen MR) is 128 cm³/mol. The number of aliphatic hydroxyl groups excluding tert-OH is 4. The first-order chi connectivity index (χ1) is 17.7. The zero-order valence-electron chi connectivity index (χ0n) is 20.7. The second kappa shape index (κ2) is 13.0. The van der Waals surface area contributed by atoms with Crippen LogP contribution >= 0.6 is 0 Å². The molecule has 0 aromatic heterocycles. The first-order valence-corrected chi connectivity index (χ1v) is 12.0. The van der Waals surface area contributed by atoms with Crippen molar-refractivity contribution in [2.24, 2.45) is 11.8 Å². The third-order valence-corrected chi connectivity index (χ3v) is 6.72. The number of benzene rings is 1. The molecule has 0 bridgehead atoms. The van der Waals surface area contributed by atoms with Crippen LogP contribution < -0.4 is 0 Å². The molecule has 0 unspecified atom stereocenters. The third-order valence-electron chi connectivity index (χ3n) is 6.72. The molecule has 0 spiro atoms. The Morgan fingerprint density at radius 2 is 1.81 bits per heavy atom. The molecule has 1 aromatic rings. The van der Waals surface area contributed by atoms with Crippen molar-refractivity contribution in [1.29, 1.82) is 0 Å². The van der Waals surface area contributed by atoms with E-state index >= 15 is 0 Å². The molecule has 1 aromatic carbocycles. The van der Waals surface area contributed by atoms with Crippen LogP contribution in [0.25, 0.3) is 0 Å². The van der Waals surface area contributed by atoms with E-state index in [0.29, 0.717) is 12.0 Å². The van der Waals surface area contributed by atoms with Crippen molar-refractivity contribution in [1.82, 2.24) is 0 Å². The van der Waals surface area contributed by atoms with Gasteiger partial charge in [-0.05, 0) is 31.0 Å². The number of phenolic OH excluding ortho intramolecular Hbond substituents is 1. The smallest absolute Gasteiger partial charge is 0.337 e. The maximum absolute atomic E-state index is 12.7. The number of aromatic hydroxyl groups is 1. The number of carbonyl (C=O) groups excluding carboxylic acids is 2. The number of allylic oxidation sites excluding steroid dienone is 1. The summed E-state index contributed by atoms with van der Waals surface area (Å²) in [6, 6.07) is 6.51. The standard InChI is InChI=1S/C26H34O11/c1-3-17-18(11-21(29)35-9-8-14-4-6-16(28)7-5-14)19(25(33)34-2)13-36-26(17)37-20-10-15(12-27)22(30)24(32)23(20)31/h3-7,13,15,18,20,22-24,26-28,30-32H,8-12H2,1-2H3/b17-3+/t15-,18+,20-,22-,23+,24+,26+/m1/s1. The molecule has 11 nitrogen and oxygen atoms in total. The van der Waals surface area contributed by atoms with Gasteiger partial charge in [-0.1, -0.05) is 18.2 Å². The largest absolute Gasteiger partial charge is 0.508 e. The van der Waals surface area contributed by atoms with E-state index in [2.05, 4.69) is 0 Å². The fraction of sp³-hybridized carbons (Fsp3) is 0.538. The van der Waals surface area contributed by atoms with Gasteiger partial charge in [-0.25, -0.2) is 4.79 Å². The summed E-state index contributed by atoms with van der Waals surface area (Å²) in [4.78, 5) is 25.1. The number of esters is 2. The van der Waals surface area contributed by atoms with Crippen LogP contribution in [0.4, 0.5) is 0 Å². The van der Waals surface area contributed by atoms with E-state index < -0.39 is 61.1 Å². The lowest BCUT2D eigenvalue weighted by Crippen LogP contribution is -2.56. The lowest BCUT2D eigenvalue weighted by atomic mass is 9.81. The minimum Gasteiger partial charge on any atom is -0.508 e. The molecule has 37 heavy (non-hydrogen) atoms. The molecule has 1 heterocycles. The molecule has 0 radical (unpaired) electrons. The molecule has 5 N–H and O–H groups in total. The summed E-state index contributed by atoms with van der Waals surface area (Å²) in [5, 5.41) is 49.6. The molecule has 0 saturated heterocycles. The van der Waals surface area contributed by atoms with E-state index in [9.17, 15) is 35.1 Å². The van der Waals surface area contributed by atoms with Gasteiger partial charge < -0.3 is 44.5 Å². The van der Waals surface area contributed by atoms with Gasteiger partial charge in [0.1, 0.15) is 18.0 Å². The molecule has 11 heteroatoms. The van der Waals surface area contributed by atoms with Crippen LogP contribution in [0.1, 0.15) is 25.3 Å². The maximum Gasteiger partial charge on any atom is 0.337 e. The summed E-state index contributed by atoms with van der Waals surface area (Å²) in [6.45, 7) is 1.34. The average molecular weight is 523 g/mol.